The second-order valence-corrected chi connectivity index (χ2v) is 6.80. The maximum Gasteiger partial charge on any atom is 0.298 e. The Hall–Kier alpha value is -1.73. The zero-order chi connectivity index (χ0) is 15.9. The summed E-state index contributed by atoms with van der Waals surface area (Å²) in [5, 5.41) is 4.10. The fourth-order valence-corrected chi connectivity index (χ4v) is 4.29. The first-order valence-corrected chi connectivity index (χ1v) is 8.49. The number of fused-ring (bicyclic) bond motifs is 1. The Morgan fingerprint density at radius 1 is 1.45 bits per heavy atom. The van der Waals surface area contributed by atoms with E-state index in [1.807, 2.05) is 36.6 Å². The van der Waals surface area contributed by atoms with Gasteiger partial charge in [-0.05, 0) is 41.9 Å². The zero-order valence-electron chi connectivity index (χ0n) is 12.5. The molecule has 0 unspecified atom stereocenters. The van der Waals surface area contributed by atoms with E-state index in [0.717, 1.165) is 26.8 Å². The van der Waals surface area contributed by atoms with E-state index in [0.29, 0.717) is 10.5 Å². The van der Waals surface area contributed by atoms with Gasteiger partial charge in [0.05, 0.1) is 16.4 Å². The number of carbonyl (C=O) groups is 1. The average molecular weight is 379 g/mol. The lowest BCUT2D eigenvalue weighted by Crippen LogP contribution is -2.17. The summed E-state index contributed by atoms with van der Waals surface area (Å²) in [6.45, 7) is 4.66. The second-order valence-electron chi connectivity index (χ2n) is 4.93. The van der Waals surface area contributed by atoms with E-state index in [-0.39, 0.29) is 5.91 Å². The smallest absolute Gasteiger partial charge is 0.298 e. The Morgan fingerprint density at radius 2 is 2.23 bits per heavy atom. The average Bonchev–Trinajstić information content (AvgIpc) is 2.99. The van der Waals surface area contributed by atoms with Crippen LogP contribution in [0.5, 0.6) is 0 Å². The standard InChI is InChI=1S/C15H15BrN4OS/c1-4-20-13-10(16)6-5-7-11(13)22-15(20)18-14(21)12-9(2)8-17-19(12)3/h5-8H,4H2,1-3H3. The molecule has 0 aliphatic rings. The third-order valence-corrected chi connectivity index (χ3v) is 5.17. The lowest BCUT2D eigenvalue weighted by Gasteiger charge is -2.02. The van der Waals surface area contributed by atoms with E-state index in [1.165, 1.54) is 11.3 Å². The molecule has 0 bridgehead atoms. The van der Waals surface area contributed by atoms with Crippen molar-refractivity contribution in [2.45, 2.75) is 20.4 Å². The van der Waals surface area contributed by atoms with Gasteiger partial charge in [-0.15, -0.1) is 0 Å². The molecule has 0 atom stereocenters. The predicted octanol–water partition coefficient (Wildman–Crippen LogP) is 3.27. The lowest BCUT2D eigenvalue weighted by atomic mass is 10.3. The summed E-state index contributed by atoms with van der Waals surface area (Å²) in [6.07, 6.45) is 1.68. The highest BCUT2D eigenvalue weighted by Crippen LogP contribution is 2.25. The molecule has 1 amide bonds. The first kappa shape index (κ1) is 15.2. The minimum Gasteiger partial charge on any atom is -0.316 e. The van der Waals surface area contributed by atoms with Crippen molar-refractivity contribution in [3.05, 3.63) is 44.9 Å². The number of benzene rings is 1. The van der Waals surface area contributed by atoms with Gasteiger partial charge in [0.25, 0.3) is 5.91 Å². The molecule has 1 aromatic carbocycles. The number of carbonyl (C=O) groups excluding carboxylic acids is 1. The van der Waals surface area contributed by atoms with Gasteiger partial charge in [-0.25, -0.2) is 0 Å². The van der Waals surface area contributed by atoms with E-state index in [1.54, 1.807) is 17.9 Å². The second kappa shape index (κ2) is 5.81. The number of aryl methyl sites for hydroxylation is 3. The van der Waals surface area contributed by atoms with Crippen molar-refractivity contribution in [1.29, 1.82) is 0 Å². The third-order valence-electron chi connectivity index (χ3n) is 3.49. The summed E-state index contributed by atoms with van der Waals surface area (Å²) in [4.78, 5) is 17.5. The summed E-state index contributed by atoms with van der Waals surface area (Å²) in [5.74, 6) is -0.262. The number of para-hydroxylation sites is 1. The van der Waals surface area contributed by atoms with Gasteiger partial charge in [-0.3, -0.25) is 9.48 Å². The predicted molar refractivity (Wildman–Crippen MR) is 91.0 cm³/mol. The minimum absolute atomic E-state index is 0.262. The molecule has 0 fully saturated rings. The topological polar surface area (TPSA) is 52.2 Å². The largest absolute Gasteiger partial charge is 0.316 e. The van der Waals surface area contributed by atoms with E-state index in [9.17, 15) is 4.79 Å². The van der Waals surface area contributed by atoms with Crippen molar-refractivity contribution in [2.75, 3.05) is 0 Å². The van der Waals surface area contributed by atoms with Gasteiger partial charge >= 0.3 is 0 Å². The summed E-state index contributed by atoms with van der Waals surface area (Å²) in [7, 11) is 1.76. The van der Waals surface area contributed by atoms with Crippen LogP contribution in [0.3, 0.4) is 0 Å². The van der Waals surface area contributed by atoms with Gasteiger partial charge in [-0.2, -0.15) is 10.1 Å². The monoisotopic (exact) mass is 378 g/mol. The fourth-order valence-electron chi connectivity index (χ4n) is 2.46. The number of halogens is 1. The highest BCUT2D eigenvalue weighted by molar-refractivity contribution is 9.10. The van der Waals surface area contributed by atoms with Crippen LogP contribution < -0.4 is 4.80 Å². The van der Waals surface area contributed by atoms with E-state index >= 15 is 0 Å². The summed E-state index contributed by atoms with van der Waals surface area (Å²) in [5.41, 5.74) is 2.43. The lowest BCUT2D eigenvalue weighted by molar-refractivity contribution is 0.0988. The van der Waals surface area contributed by atoms with E-state index < -0.39 is 0 Å². The number of hydrogen-bond donors (Lipinski definition) is 0. The highest BCUT2D eigenvalue weighted by atomic mass is 79.9. The van der Waals surface area contributed by atoms with Gasteiger partial charge in [0, 0.05) is 23.6 Å². The van der Waals surface area contributed by atoms with E-state index in [2.05, 4.69) is 26.0 Å². The molecule has 5 nitrogen and oxygen atoms in total. The van der Waals surface area contributed by atoms with Gasteiger partial charge in [-0.1, -0.05) is 17.4 Å². The molecule has 0 radical (unpaired) electrons. The third kappa shape index (κ3) is 2.44. The summed E-state index contributed by atoms with van der Waals surface area (Å²) >= 11 is 5.09. The molecule has 0 saturated heterocycles. The summed E-state index contributed by atoms with van der Waals surface area (Å²) < 4.78 is 5.73. The van der Waals surface area contributed by atoms with Crippen molar-refractivity contribution in [1.82, 2.24) is 14.3 Å². The molecule has 114 valence electrons. The molecule has 0 N–H and O–H groups in total. The molecule has 22 heavy (non-hydrogen) atoms. The normalized spacial score (nSPS) is 12.3. The Labute approximate surface area is 140 Å². The Kier molecular flexibility index (Phi) is 4.01. The van der Waals surface area contributed by atoms with Crippen LogP contribution in [0.1, 0.15) is 23.0 Å². The number of amides is 1. The Bertz CT molecular complexity index is 915. The maximum atomic E-state index is 12.5. The number of rotatable bonds is 2. The van der Waals surface area contributed by atoms with Gasteiger partial charge < -0.3 is 4.57 Å². The van der Waals surface area contributed by atoms with E-state index in [4.69, 9.17) is 0 Å². The van der Waals surface area contributed by atoms with Gasteiger partial charge in [0.1, 0.15) is 5.69 Å². The van der Waals surface area contributed by atoms with Crippen molar-refractivity contribution in [2.24, 2.45) is 12.0 Å². The Balaban J connectivity index is 2.22. The van der Waals surface area contributed by atoms with Crippen LogP contribution >= 0.6 is 27.3 Å². The van der Waals surface area contributed by atoms with Crippen LogP contribution in [-0.2, 0) is 13.6 Å². The van der Waals surface area contributed by atoms with Crippen molar-refractivity contribution < 1.29 is 4.79 Å². The molecule has 3 aromatic rings. The van der Waals surface area contributed by atoms with Crippen LogP contribution in [-0.4, -0.2) is 20.3 Å². The SMILES string of the molecule is CCn1c(=NC(=O)c2c(C)cnn2C)sc2cccc(Br)c21. The molecule has 0 aliphatic heterocycles. The van der Waals surface area contributed by atoms with Crippen molar-refractivity contribution in [3.8, 4) is 0 Å². The fraction of sp³-hybridized carbons (Fsp3) is 0.267. The molecule has 3 rings (SSSR count). The first-order chi connectivity index (χ1) is 10.5. The van der Waals surface area contributed by atoms with Crippen LogP contribution in [0.4, 0.5) is 0 Å². The number of hydrogen-bond acceptors (Lipinski definition) is 3. The van der Waals surface area contributed by atoms with Gasteiger partial charge in [0.2, 0.25) is 0 Å². The van der Waals surface area contributed by atoms with Crippen LogP contribution in [0.15, 0.2) is 33.9 Å². The molecule has 0 aliphatic carbocycles. The molecule has 0 saturated carbocycles. The number of thiazole rings is 1. The highest BCUT2D eigenvalue weighted by Gasteiger charge is 2.15. The number of nitrogens with zero attached hydrogens (tertiary/aromatic N) is 4. The minimum atomic E-state index is -0.262. The molecular formula is C15H15BrN4OS. The summed E-state index contributed by atoms with van der Waals surface area (Å²) in [6, 6.07) is 6.02. The quantitative estimate of drug-likeness (QED) is 0.686. The molecule has 2 heterocycles. The number of aromatic nitrogens is 3. The zero-order valence-corrected chi connectivity index (χ0v) is 14.9. The van der Waals surface area contributed by atoms with Crippen LogP contribution in [0.2, 0.25) is 0 Å². The molecule has 7 heteroatoms. The Morgan fingerprint density at radius 3 is 2.86 bits per heavy atom. The van der Waals surface area contributed by atoms with Crippen LogP contribution in [0.25, 0.3) is 10.2 Å². The van der Waals surface area contributed by atoms with Crippen molar-refractivity contribution >= 4 is 43.4 Å². The van der Waals surface area contributed by atoms with Gasteiger partial charge in [0.15, 0.2) is 4.80 Å². The molecule has 0 spiro atoms. The molecule has 2 aromatic heterocycles. The maximum absolute atomic E-state index is 12.5. The van der Waals surface area contributed by atoms with Crippen LogP contribution in [0, 0.1) is 6.92 Å². The molecular weight excluding hydrogens is 364 g/mol. The van der Waals surface area contributed by atoms with Crippen molar-refractivity contribution in [3.63, 3.8) is 0 Å². The first-order valence-electron chi connectivity index (χ1n) is 6.88.